The molecule has 2 aromatic rings. The Morgan fingerprint density at radius 3 is 2.53 bits per heavy atom. The molecule has 0 aliphatic rings. The van der Waals surface area contributed by atoms with E-state index in [0.29, 0.717) is 11.4 Å². The first-order valence-electron chi connectivity index (χ1n) is 5.29. The predicted octanol–water partition coefficient (Wildman–Crippen LogP) is 1.53. The molecule has 0 radical (unpaired) electrons. The molecule has 7 heteroatoms. The van der Waals surface area contributed by atoms with Crippen LogP contribution in [0.1, 0.15) is 11.4 Å². The van der Waals surface area contributed by atoms with Gasteiger partial charge in [-0.05, 0) is 19.1 Å². The van der Waals surface area contributed by atoms with Crippen molar-refractivity contribution in [3.05, 3.63) is 56.1 Å². The van der Waals surface area contributed by atoms with Crippen molar-refractivity contribution in [2.24, 2.45) is 0 Å². The molecule has 1 aromatic heterocycles. The van der Waals surface area contributed by atoms with Gasteiger partial charge in [-0.1, -0.05) is 0 Å². The number of nitrogens with one attached hydrogen (secondary N) is 1. The number of hydrogen-bond acceptors (Lipinski definition) is 5. The highest BCUT2D eigenvalue weighted by Crippen LogP contribution is 2.22. The summed E-state index contributed by atoms with van der Waals surface area (Å²) < 4.78 is 0. The Balaban J connectivity index is 2.62. The molecule has 1 heterocycles. The van der Waals surface area contributed by atoms with Gasteiger partial charge < -0.3 is 4.98 Å². The van der Waals surface area contributed by atoms with Crippen molar-refractivity contribution in [2.75, 3.05) is 0 Å². The van der Waals surface area contributed by atoms with E-state index < -0.39 is 10.5 Å². The van der Waals surface area contributed by atoms with Crippen LogP contribution in [0.4, 0.5) is 5.69 Å². The fraction of sp³-hybridized carbons (Fsp3) is 0.0833. The molecule has 1 aromatic carbocycles. The summed E-state index contributed by atoms with van der Waals surface area (Å²) in [5.41, 5.74) is 0.00150. The first kappa shape index (κ1) is 12.4. The maximum absolute atomic E-state index is 11.6. The van der Waals surface area contributed by atoms with E-state index in [1.807, 2.05) is 0 Å². The largest absolute Gasteiger partial charge is 0.310 e. The lowest BCUT2D eigenvalue weighted by molar-refractivity contribution is -0.384. The number of benzene rings is 1. The molecule has 94 valence electrons. The number of aromatic nitrogens is 2. The molecule has 1 N–H and O–H groups in total. The van der Waals surface area contributed by atoms with Crippen LogP contribution in [0.25, 0.3) is 11.3 Å². The number of rotatable bonds is 2. The molecule has 0 fully saturated rings. The van der Waals surface area contributed by atoms with Crippen LogP contribution in [0.3, 0.4) is 0 Å². The van der Waals surface area contributed by atoms with Gasteiger partial charge in [-0.2, -0.15) is 5.26 Å². The average Bonchev–Trinajstić information content (AvgIpc) is 2.38. The van der Waals surface area contributed by atoms with Crippen LogP contribution < -0.4 is 5.56 Å². The van der Waals surface area contributed by atoms with Crippen LogP contribution in [-0.4, -0.2) is 14.9 Å². The molecular formula is C12H8N4O3. The Kier molecular flexibility index (Phi) is 3.08. The SMILES string of the molecule is Cc1nc(-c2ccc([N+](=O)[O-])cc2)c(C#N)c(=O)[nH]1. The van der Waals surface area contributed by atoms with Gasteiger partial charge in [-0.15, -0.1) is 0 Å². The molecule has 0 atom stereocenters. The van der Waals surface area contributed by atoms with Gasteiger partial charge in [0.1, 0.15) is 17.5 Å². The smallest absolute Gasteiger partial charge is 0.269 e. The Morgan fingerprint density at radius 1 is 1.37 bits per heavy atom. The minimum atomic E-state index is -0.525. The van der Waals surface area contributed by atoms with Crippen molar-refractivity contribution in [2.45, 2.75) is 6.92 Å². The van der Waals surface area contributed by atoms with Crippen LogP contribution in [0.15, 0.2) is 29.1 Å². The van der Waals surface area contributed by atoms with Gasteiger partial charge in [-0.3, -0.25) is 14.9 Å². The first-order chi connectivity index (χ1) is 9.02. The molecule has 0 amide bonds. The van der Waals surface area contributed by atoms with Gasteiger partial charge in [0.15, 0.2) is 0 Å². The summed E-state index contributed by atoms with van der Waals surface area (Å²) in [6.45, 7) is 1.59. The number of nitro groups is 1. The molecule has 0 aliphatic carbocycles. The van der Waals surface area contributed by atoms with Crippen molar-refractivity contribution in [3.63, 3.8) is 0 Å². The summed E-state index contributed by atoms with van der Waals surface area (Å²) in [7, 11) is 0. The monoisotopic (exact) mass is 256 g/mol. The molecule has 19 heavy (non-hydrogen) atoms. The molecule has 0 saturated carbocycles. The van der Waals surface area contributed by atoms with Gasteiger partial charge in [0.05, 0.1) is 10.6 Å². The van der Waals surface area contributed by atoms with Crippen LogP contribution >= 0.6 is 0 Å². The summed E-state index contributed by atoms with van der Waals surface area (Å²) in [6, 6.07) is 7.30. The highest BCUT2D eigenvalue weighted by molar-refractivity contribution is 5.66. The number of nitrogens with zero attached hydrogens (tertiary/aromatic N) is 3. The van der Waals surface area contributed by atoms with Gasteiger partial charge >= 0.3 is 0 Å². The second-order valence-corrected chi connectivity index (χ2v) is 3.79. The lowest BCUT2D eigenvalue weighted by Gasteiger charge is -2.03. The number of nitro benzene ring substituents is 1. The molecule has 0 aliphatic heterocycles. The summed E-state index contributed by atoms with van der Waals surface area (Å²) in [6.07, 6.45) is 0. The number of aromatic amines is 1. The molecule has 0 bridgehead atoms. The van der Waals surface area contributed by atoms with E-state index in [2.05, 4.69) is 9.97 Å². The molecule has 0 spiro atoms. The van der Waals surface area contributed by atoms with Crippen LogP contribution in [0.2, 0.25) is 0 Å². The van der Waals surface area contributed by atoms with E-state index in [0.717, 1.165) is 0 Å². The van der Waals surface area contributed by atoms with E-state index >= 15 is 0 Å². The van der Waals surface area contributed by atoms with E-state index in [4.69, 9.17) is 5.26 Å². The van der Waals surface area contributed by atoms with Gasteiger partial charge in [-0.25, -0.2) is 4.98 Å². The highest BCUT2D eigenvalue weighted by atomic mass is 16.6. The second-order valence-electron chi connectivity index (χ2n) is 3.79. The molecular weight excluding hydrogens is 248 g/mol. The van der Waals surface area contributed by atoms with E-state index in [1.54, 1.807) is 13.0 Å². The summed E-state index contributed by atoms with van der Waals surface area (Å²) in [4.78, 5) is 28.2. The maximum Gasteiger partial charge on any atom is 0.269 e. The third-order valence-corrected chi connectivity index (χ3v) is 2.50. The van der Waals surface area contributed by atoms with Crippen LogP contribution in [-0.2, 0) is 0 Å². The molecule has 2 rings (SSSR count). The zero-order valence-corrected chi connectivity index (χ0v) is 9.88. The van der Waals surface area contributed by atoms with Gasteiger partial charge in [0, 0.05) is 17.7 Å². The summed E-state index contributed by atoms with van der Waals surface area (Å²) >= 11 is 0. The van der Waals surface area contributed by atoms with E-state index in [1.165, 1.54) is 24.3 Å². The topological polar surface area (TPSA) is 113 Å². The van der Waals surface area contributed by atoms with Crippen molar-refractivity contribution in [1.82, 2.24) is 9.97 Å². The van der Waals surface area contributed by atoms with Crippen LogP contribution in [0, 0.1) is 28.4 Å². The number of H-pyrrole nitrogens is 1. The number of aryl methyl sites for hydroxylation is 1. The van der Waals surface area contributed by atoms with Gasteiger partial charge in [0.25, 0.3) is 11.2 Å². The average molecular weight is 256 g/mol. The predicted molar refractivity (Wildman–Crippen MR) is 66.4 cm³/mol. The minimum absolute atomic E-state index is 0.0659. The first-order valence-corrected chi connectivity index (χ1v) is 5.29. The summed E-state index contributed by atoms with van der Waals surface area (Å²) in [5, 5.41) is 19.5. The molecule has 0 saturated heterocycles. The van der Waals surface area contributed by atoms with E-state index in [-0.39, 0.29) is 16.9 Å². The highest BCUT2D eigenvalue weighted by Gasteiger charge is 2.13. The van der Waals surface area contributed by atoms with Crippen molar-refractivity contribution >= 4 is 5.69 Å². The van der Waals surface area contributed by atoms with E-state index in [9.17, 15) is 14.9 Å². The van der Waals surface area contributed by atoms with Crippen molar-refractivity contribution in [3.8, 4) is 17.3 Å². The fourth-order valence-corrected chi connectivity index (χ4v) is 1.64. The zero-order valence-electron chi connectivity index (χ0n) is 9.88. The lowest BCUT2D eigenvalue weighted by atomic mass is 10.1. The third-order valence-electron chi connectivity index (χ3n) is 2.50. The fourth-order valence-electron chi connectivity index (χ4n) is 1.64. The number of non-ortho nitro benzene ring substituents is 1. The van der Waals surface area contributed by atoms with Gasteiger partial charge in [0.2, 0.25) is 0 Å². The van der Waals surface area contributed by atoms with Crippen molar-refractivity contribution in [1.29, 1.82) is 5.26 Å². The molecule has 7 nitrogen and oxygen atoms in total. The Morgan fingerprint density at radius 2 is 2.00 bits per heavy atom. The summed E-state index contributed by atoms with van der Waals surface area (Å²) in [5.74, 6) is 0.373. The number of nitriles is 1. The third kappa shape index (κ3) is 2.32. The Hall–Kier alpha value is -3.01. The molecule has 0 unspecified atom stereocenters. The van der Waals surface area contributed by atoms with Crippen molar-refractivity contribution < 1.29 is 4.92 Å². The number of hydrogen-bond donors (Lipinski definition) is 1. The Labute approximate surface area is 107 Å². The second kappa shape index (κ2) is 4.70. The van der Waals surface area contributed by atoms with Crippen LogP contribution in [0.5, 0.6) is 0 Å². The normalized spacial score (nSPS) is 9.89. The maximum atomic E-state index is 11.6. The standard InChI is InChI=1S/C12H8N4O3/c1-7-14-11(10(6-13)12(17)15-7)8-2-4-9(5-3-8)16(18)19/h2-5H,1H3,(H,14,15,17). The lowest BCUT2D eigenvalue weighted by Crippen LogP contribution is -2.15. The quantitative estimate of drug-likeness (QED) is 0.646. The Bertz CT molecular complexity index is 741. The zero-order chi connectivity index (χ0) is 14.0. The minimum Gasteiger partial charge on any atom is -0.310 e.